The molecule has 0 aliphatic heterocycles. The third kappa shape index (κ3) is 3.02. The third-order valence-corrected chi connectivity index (χ3v) is 5.91. The lowest BCUT2D eigenvalue weighted by atomic mass is 9.84. The number of carbonyl (C=O) groups excluding carboxylic acids is 1. The van der Waals surface area contributed by atoms with Gasteiger partial charge in [-0.25, -0.2) is 0 Å². The second kappa shape index (κ2) is 6.29. The Morgan fingerprint density at radius 2 is 1.89 bits per heavy atom. The second-order valence-electron chi connectivity index (χ2n) is 5.87. The zero-order valence-corrected chi connectivity index (χ0v) is 12.2. The molecule has 0 radical (unpaired) electrons. The molecule has 18 heavy (non-hydrogen) atoms. The van der Waals surface area contributed by atoms with Crippen LogP contribution in [-0.4, -0.2) is 30.0 Å². The van der Waals surface area contributed by atoms with Crippen molar-refractivity contribution in [2.75, 3.05) is 12.8 Å². The summed E-state index contributed by atoms with van der Waals surface area (Å²) in [5.74, 6) is 0.232. The number of carbonyl (C=O) groups is 1. The summed E-state index contributed by atoms with van der Waals surface area (Å²) < 4.78 is 0. The van der Waals surface area contributed by atoms with Gasteiger partial charge in [0.1, 0.15) is 0 Å². The Balaban J connectivity index is 1.84. The van der Waals surface area contributed by atoms with E-state index < -0.39 is 0 Å². The Morgan fingerprint density at radius 3 is 2.39 bits per heavy atom. The normalized spacial score (nSPS) is 31.2. The predicted molar refractivity (Wildman–Crippen MR) is 77.7 cm³/mol. The summed E-state index contributed by atoms with van der Waals surface area (Å²) in [6.45, 7) is 0.513. The summed E-state index contributed by atoms with van der Waals surface area (Å²) in [6.07, 6.45) is 11.2. The Labute approximate surface area is 115 Å². The van der Waals surface area contributed by atoms with Crippen LogP contribution in [0.1, 0.15) is 51.4 Å². The van der Waals surface area contributed by atoms with Crippen LogP contribution in [0.25, 0.3) is 0 Å². The minimum atomic E-state index is -0.240. The van der Waals surface area contributed by atoms with Gasteiger partial charge in [-0.15, -0.1) is 0 Å². The van der Waals surface area contributed by atoms with Crippen molar-refractivity contribution in [1.82, 2.24) is 5.32 Å². The molecule has 0 aromatic heterocycles. The van der Waals surface area contributed by atoms with E-state index in [0.717, 1.165) is 43.8 Å². The molecular formula is C14H26N2OS. The summed E-state index contributed by atoms with van der Waals surface area (Å²) in [7, 11) is 0. The van der Waals surface area contributed by atoms with E-state index in [4.69, 9.17) is 5.73 Å². The van der Waals surface area contributed by atoms with E-state index >= 15 is 0 Å². The Kier molecular flexibility index (Phi) is 4.96. The summed E-state index contributed by atoms with van der Waals surface area (Å²) >= 11 is 1.96. The molecule has 1 amide bonds. The Hall–Kier alpha value is -0.220. The van der Waals surface area contributed by atoms with Crippen molar-refractivity contribution in [3.05, 3.63) is 0 Å². The van der Waals surface area contributed by atoms with Crippen LogP contribution in [0.15, 0.2) is 0 Å². The van der Waals surface area contributed by atoms with Crippen molar-refractivity contribution in [1.29, 1.82) is 0 Å². The summed E-state index contributed by atoms with van der Waals surface area (Å²) in [6, 6.07) is 0.393. The SMILES string of the molecule is CSC1CCC(NC(=O)C2(CN)CCCC2)CC1. The molecule has 104 valence electrons. The molecule has 0 aromatic rings. The van der Waals surface area contributed by atoms with Gasteiger partial charge < -0.3 is 11.1 Å². The Morgan fingerprint density at radius 1 is 1.28 bits per heavy atom. The number of thioether (sulfide) groups is 1. The molecule has 0 saturated heterocycles. The highest BCUT2D eigenvalue weighted by Gasteiger charge is 2.40. The number of rotatable bonds is 4. The summed E-state index contributed by atoms with van der Waals surface area (Å²) in [5.41, 5.74) is 5.61. The first-order valence-corrected chi connectivity index (χ1v) is 8.53. The maximum Gasteiger partial charge on any atom is 0.227 e. The molecule has 2 rings (SSSR count). The van der Waals surface area contributed by atoms with Gasteiger partial charge in [-0.3, -0.25) is 4.79 Å². The van der Waals surface area contributed by atoms with Crippen LogP contribution in [0, 0.1) is 5.41 Å². The first-order valence-electron chi connectivity index (χ1n) is 7.24. The zero-order valence-electron chi connectivity index (χ0n) is 11.4. The van der Waals surface area contributed by atoms with Gasteiger partial charge in [-0.1, -0.05) is 12.8 Å². The first-order chi connectivity index (χ1) is 8.70. The highest BCUT2D eigenvalue weighted by molar-refractivity contribution is 7.99. The molecule has 0 unspecified atom stereocenters. The van der Waals surface area contributed by atoms with Crippen LogP contribution in [-0.2, 0) is 4.79 Å². The van der Waals surface area contributed by atoms with Crippen molar-refractivity contribution < 1.29 is 4.79 Å². The molecule has 4 heteroatoms. The molecule has 2 aliphatic carbocycles. The van der Waals surface area contributed by atoms with Crippen LogP contribution in [0.2, 0.25) is 0 Å². The molecule has 3 N–H and O–H groups in total. The van der Waals surface area contributed by atoms with E-state index in [1.54, 1.807) is 0 Å². The number of hydrogen-bond acceptors (Lipinski definition) is 3. The van der Waals surface area contributed by atoms with Crippen molar-refractivity contribution >= 4 is 17.7 Å². The minimum Gasteiger partial charge on any atom is -0.353 e. The molecule has 3 nitrogen and oxygen atoms in total. The van der Waals surface area contributed by atoms with Crippen LogP contribution < -0.4 is 11.1 Å². The van der Waals surface area contributed by atoms with Crippen LogP contribution in [0.3, 0.4) is 0 Å². The largest absolute Gasteiger partial charge is 0.353 e. The quantitative estimate of drug-likeness (QED) is 0.824. The van der Waals surface area contributed by atoms with E-state index in [0.29, 0.717) is 12.6 Å². The monoisotopic (exact) mass is 270 g/mol. The van der Waals surface area contributed by atoms with Gasteiger partial charge in [0.15, 0.2) is 0 Å². The smallest absolute Gasteiger partial charge is 0.227 e. The maximum absolute atomic E-state index is 12.4. The summed E-state index contributed by atoms with van der Waals surface area (Å²) in [4.78, 5) is 12.4. The van der Waals surface area contributed by atoms with Gasteiger partial charge in [0.2, 0.25) is 5.91 Å². The third-order valence-electron chi connectivity index (χ3n) is 4.78. The topological polar surface area (TPSA) is 55.1 Å². The predicted octanol–water partition coefficient (Wildman–Crippen LogP) is 2.30. The van der Waals surface area contributed by atoms with E-state index in [1.165, 1.54) is 12.8 Å². The highest BCUT2D eigenvalue weighted by Crippen LogP contribution is 2.38. The molecule has 0 aromatic carbocycles. The number of hydrogen-bond donors (Lipinski definition) is 2. The molecule has 0 heterocycles. The standard InChI is InChI=1S/C14H26N2OS/c1-18-12-6-4-11(5-7-12)16-13(17)14(10-15)8-2-3-9-14/h11-12H,2-10,15H2,1H3,(H,16,17). The van der Waals surface area contributed by atoms with Crippen molar-refractivity contribution in [3.63, 3.8) is 0 Å². The van der Waals surface area contributed by atoms with Crippen LogP contribution in [0.5, 0.6) is 0 Å². The molecule has 2 fully saturated rings. The maximum atomic E-state index is 12.4. The highest BCUT2D eigenvalue weighted by atomic mass is 32.2. The zero-order chi connectivity index (χ0) is 13.0. The van der Waals surface area contributed by atoms with Crippen molar-refractivity contribution in [3.8, 4) is 0 Å². The minimum absolute atomic E-state index is 0.232. The first kappa shape index (κ1) is 14.2. The summed E-state index contributed by atoms with van der Waals surface area (Å²) in [5, 5.41) is 4.07. The fraction of sp³-hybridized carbons (Fsp3) is 0.929. The molecule has 2 saturated carbocycles. The average molecular weight is 270 g/mol. The van der Waals surface area contributed by atoms with Gasteiger partial charge >= 0.3 is 0 Å². The lowest BCUT2D eigenvalue weighted by Gasteiger charge is -2.32. The molecule has 2 aliphatic rings. The van der Waals surface area contributed by atoms with Gasteiger partial charge in [0.25, 0.3) is 0 Å². The van der Waals surface area contributed by atoms with Gasteiger partial charge in [0.05, 0.1) is 5.41 Å². The van der Waals surface area contributed by atoms with Crippen molar-refractivity contribution in [2.45, 2.75) is 62.7 Å². The van der Waals surface area contributed by atoms with E-state index in [9.17, 15) is 4.79 Å². The number of nitrogens with two attached hydrogens (primary N) is 1. The van der Waals surface area contributed by atoms with Gasteiger partial charge in [-0.05, 0) is 44.8 Å². The molecular weight excluding hydrogens is 244 g/mol. The molecule has 0 bridgehead atoms. The Bertz CT molecular complexity index is 282. The lowest BCUT2D eigenvalue weighted by Crippen LogP contribution is -2.48. The second-order valence-corrected chi connectivity index (χ2v) is 7.01. The van der Waals surface area contributed by atoms with Crippen LogP contribution >= 0.6 is 11.8 Å². The number of nitrogens with one attached hydrogen (secondary N) is 1. The average Bonchev–Trinajstić information content (AvgIpc) is 2.89. The van der Waals surface area contributed by atoms with E-state index in [1.807, 2.05) is 11.8 Å². The van der Waals surface area contributed by atoms with Gasteiger partial charge in [0, 0.05) is 17.8 Å². The lowest BCUT2D eigenvalue weighted by molar-refractivity contribution is -0.131. The molecule has 0 atom stereocenters. The van der Waals surface area contributed by atoms with Gasteiger partial charge in [-0.2, -0.15) is 11.8 Å². The van der Waals surface area contributed by atoms with E-state index in [2.05, 4.69) is 11.6 Å². The van der Waals surface area contributed by atoms with Crippen molar-refractivity contribution in [2.24, 2.45) is 11.1 Å². The molecule has 0 spiro atoms. The fourth-order valence-electron chi connectivity index (χ4n) is 3.36. The number of amides is 1. The fourth-order valence-corrected chi connectivity index (χ4v) is 4.10. The van der Waals surface area contributed by atoms with E-state index in [-0.39, 0.29) is 11.3 Å². The van der Waals surface area contributed by atoms with Crippen LogP contribution in [0.4, 0.5) is 0 Å².